The van der Waals surface area contributed by atoms with E-state index in [4.69, 9.17) is 17.3 Å². The van der Waals surface area contributed by atoms with E-state index in [1.807, 2.05) is 18.2 Å². The Morgan fingerprint density at radius 1 is 1.03 bits per heavy atom. The predicted molar refractivity (Wildman–Crippen MR) is 125 cm³/mol. The Balaban J connectivity index is 1.47. The molecule has 1 saturated carbocycles. The third-order valence-electron chi connectivity index (χ3n) is 5.88. The summed E-state index contributed by atoms with van der Waals surface area (Å²) in [4.78, 5) is 9.02. The van der Waals surface area contributed by atoms with E-state index in [1.165, 1.54) is 6.07 Å². The minimum absolute atomic E-state index is 0.113. The molecule has 0 amide bonds. The number of nitrogens with zero attached hydrogens (tertiary/aromatic N) is 2. The molecule has 2 heterocycles. The third kappa shape index (κ3) is 5.53. The van der Waals surface area contributed by atoms with Crippen LogP contribution >= 0.6 is 11.6 Å². The van der Waals surface area contributed by atoms with Crippen molar-refractivity contribution in [3.8, 4) is 11.3 Å². The highest BCUT2D eigenvalue weighted by atomic mass is 35.5. The summed E-state index contributed by atoms with van der Waals surface area (Å²) in [5.41, 5.74) is 7.43. The minimum atomic E-state index is -0.481. The molecule has 4 N–H and O–H groups in total. The van der Waals surface area contributed by atoms with Crippen LogP contribution in [-0.2, 0) is 6.54 Å². The molecule has 0 spiro atoms. The number of nitrogens with two attached hydrogens (primary N) is 1. The zero-order valence-electron chi connectivity index (χ0n) is 17.6. The first-order chi connectivity index (χ1) is 15.5. The van der Waals surface area contributed by atoms with E-state index in [0.717, 1.165) is 55.7 Å². The fourth-order valence-electron chi connectivity index (χ4n) is 4.01. The average Bonchev–Trinajstić information content (AvgIpc) is 2.81. The van der Waals surface area contributed by atoms with Crippen molar-refractivity contribution in [2.24, 2.45) is 11.7 Å². The summed E-state index contributed by atoms with van der Waals surface area (Å²) in [6.07, 6.45) is 5.99. The fourth-order valence-corrected chi connectivity index (χ4v) is 4.21. The second kappa shape index (κ2) is 10.2. The summed E-state index contributed by atoms with van der Waals surface area (Å²) in [6, 6.07) is 11.1. The summed E-state index contributed by atoms with van der Waals surface area (Å²) >= 11 is 6.42. The van der Waals surface area contributed by atoms with Crippen LogP contribution in [0.4, 0.5) is 20.4 Å². The van der Waals surface area contributed by atoms with Crippen LogP contribution < -0.4 is 16.4 Å². The highest BCUT2D eigenvalue weighted by Gasteiger charge is 2.20. The highest BCUT2D eigenvalue weighted by Crippen LogP contribution is 2.31. The number of anilines is 2. The quantitative estimate of drug-likeness (QED) is 0.429. The lowest BCUT2D eigenvalue weighted by molar-refractivity contribution is 0.344. The van der Waals surface area contributed by atoms with E-state index in [1.54, 1.807) is 12.3 Å². The Morgan fingerprint density at radius 2 is 1.84 bits per heavy atom. The Hall–Kier alpha value is -2.77. The number of hydrogen-bond acceptors (Lipinski definition) is 5. The summed E-state index contributed by atoms with van der Waals surface area (Å²) in [5.74, 6) is 0.951. The average molecular weight is 458 g/mol. The molecule has 0 unspecified atom stereocenters. The van der Waals surface area contributed by atoms with Crippen molar-refractivity contribution in [2.45, 2.75) is 38.3 Å². The number of halogens is 3. The van der Waals surface area contributed by atoms with Crippen LogP contribution in [0.2, 0.25) is 5.02 Å². The topological polar surface area (TPSA) is 75.9 Å². The van der Waals surface area contributed by atoms with E-state index in [9.17, 15) is 8.78 Å². The maximum atomic E-state index is 13.9. The summed E-state index contributed by atoms with van der Waals surface area (Å²) in [7, 11) is 0. The van der Waals surface area contributed by atoms with Crippen LogP contribution in [-0.4, -0.2) is 22.6 Å². The monoisotopic (exact) mass is 457 g/mol. The minimum Gasteiger partial charge on any atom is -0.367 e. The molecule has 1 fully saturated rings. The van der Waals surface area contributed by atoms with Gasteiger partial charge in [-0.2, -0.15) is 0 Å². The van der Waals surface area contributed by atoms with Gasteiger partial charge in [0.2, 0.25) is 0 Å². The van der Waals surface area contributed by atoms with Crippen LogP contribution in [0.1, 0.15) is 31.2 Å². The standard InChI is InChI=1S/C24H26ClF2N5/c25-20-14-30-24(31-18-7-4-15(12-28)5-8-18)11-19(20)22-2-1-3-23(32-22)29-13-16-10-17(26)6-9-21(16)27/h1-3,6,9-11,14-15,18H,4-5,7-8,12-13,28H2,(H,29,32)(H,30,31). The molecule has 1 aromatic carbocycles. The van der Waals surface area contributed by atoms with Gasteiger partial charge in [0.05, 0.1) is 10.7 Å². The number of nitrogens with one attached hydrogen (secondary N) is 2. The van der Waals surface area contributed by atoms with Gasteiger partial charge in [-0.05, 0) is 74.5 Å². The van der Waals surface area contributed by atoms with Crippen molar-refractivity contribution in [1.82, 2.24) is 9.97 Å². The first-order valence-electron chi connectivity index (χ1n) is 10.8. The van der Waals surface area contributed by atoms with Gasteiger partial charge in [0.1, 0.15) is 23.3 Å². The Bertz CT molecular complexity index is 1070. The number of pyridine rings is 2. The molecule has 0 saturated heterocycles. The Morgan fingerprint density at radius 3 is 2.62 bits per heavy atom. The van der Waals surface area contributed by atoms with Crippen molar-refractivity contribution in [2.75, 3.05) is 17.2 Å². The van der Waals surface area contributed by atoms with E-state index in [-0.39, 0.29) is 12.1 Å². The number of hydrogen-bond donors (Lipinski definition) is 3. The van der Waals surface area contributed by atoms with Crippen LogP contribution in [0.25, 0.3) is 11.3 Å². The number of benzene rings is 1. The maximum Gasteiger partial charge on any atom is 0.128 e. The van der Waals surface area contributed by atoms with Gasteiger partial charge in [0.25, 0.3) is 0 Å². The van der Waals surface area contributed by atoms with Gasteiger partial charge in [0.15, 0.2) is 0 Å². The molecule has 168 valence electrons. The molecule has 1 aliphatic rings. The summed E-state index contributed by atoms with van der Waals surface area (Å²) in [6.45, 7) is 0.861. The smallest absolute Gasteiger partial charge is 0.128 e. The van der Waals surface area contributed by atoms with E-state index < -0.39 is 11.6 Å². The lowest BCUT2D eigenvalue weighted by atomic mass is 9.86. The molecule has 0 aliphatic heterocycles. The van der Waals surface area contributed by atoms with Gasteiger partial charge < -0.3 is 16.4 Å². The lowest BCUT2D eigenvalue weighted by Gasteiger charge is -2.28. The normalized spacial score (nSPS) is 18.4. The molecule has 8 heteroatoms. The second-order valence-electron chi connectivity index (χ2n) is 8.14. The van der Waals surface area contributed by atoms with Crippen molar-refractivity contribution >= 4 is 23.2 Å². The molecular formula is C24H26ClF2N5. The molecule has 4 rings (SSSR count). The zero-order valence-corrected chi connectivity index (χ0v) is 18.4. The molecule has 2 aromatic heterocycles. The molecule has 5 nitrogen and oxygen atoms in total. The van der Waals surface area contributed by atoms with Crippen LogP contribution in [0.3, 0.4) is 0 Å². The van der Waals surface area contributed by atoms with Gasteiger partial charge in [-0.15, -0.1) is 0 Å². The summed E-state index contributed by atoms with van der Waals surface area (Å²) in [5, 5.41) is 7.04. The Kier molecular flexibility index (Phi) is 7.17. The van der Waals surface area contributed by atoms with E-state index in [0.29, 0.717) is 28.5 Å². The molecule has 1 aliphatic carbocycles. The van der Waals surface area contributed by atoms with Gasteiger partial charge >= 0.3 is 0 Å². The second-order valence-corrected chi connectivity index (χ2v) is 8.55. The number of aromatic nitrogens is 2. The van der Waals surface area contributed by atoms with Gasteiger partial charge in [-0.25, -0.2) is 18.7 Å². The van der Waals surface area contributed by atoms with Crippen LogP contribution in [0.15, 0.2) is 48.7 Å². The molecule has 0 radical (unpaired) electrons. The van der Waals surface area contributed by atoms with Crippen molar-refractivity contribution in [1.29, 1.82) is 0 Å². The lowest BCUT2D eigenvalue weighted by Crippen LogP contribution is -2.29. The van der Waals surface area contributed by atoms with Gasteiger partial charge in [-0.3, -0.25) is 0 Å². The predicted octanol–water partition coefficient (Wildman–Crippen LogP) is 5.62. The van der Waals surface area contributed by atoms with Crippen molar-refractivity contribution in [3.63, 3.8) is 0 Å². The first kappa shape index (κ1) is 22.4. The summed E-state index contributed by atoms with van der Waals surface area (Å²) < 4.78 is 27.3. The molecule has 3 aromatic rings. The molecule has 32 heavy (non-hydrogen) atoms. The van der Waals surface area contributed by atoms with Gasteiger partial charge in [-0.1, -0.05) is 17.7 Å². The zero-order chi connectivity index (χ0) is 22.5. The van der Waals surface area contributed by atoms with Gasteiger partial charge in [0, 0.05) is 29.9 Å². The molecule has 0 bridgehead atoms. The van der Waals surface area contributed by atoms with E-state index >= 15 is 0 Å². The highest BCUT2D eigenvalue weighted by molar-refractivity contribution is 6.33. The number of rotatable bonds is 7. The molecular weight excluding hydrogens is 432 g/mol. The first-order valence-corrected chi connectivity index (χ1v) is 11.2. The van der Waals surface area contributed by atoms with Crippen LogP contribution in [0.5, 0.6) is 0 Å². The molecule has 0 atom stereocenters. The van der Waals surface area contributed by atoms with Crippen molar-refractivity contribution < 1.29 is 8.78 Å². The SMILES string of the molecule is NCC1CCC(Nc2cc(-c3cccc(NCc4cc(F)ccc4F)n3)c(Cl)cn2)CC1. The fraction of sp³-hybridized carbons (Fsp3) is 0.333. The van der Waals surface area contributed by atoms with Crippen molar-refractivity contribution in [3.05, 3.63) is 70.9 Å². The maximum absolute atomic E-state index is 13.9. The van der Waals surface area contributed by atoms with E-state index in [2.05, 4.69) is 20.6 Å². The third-order valence-corrected chi connectivity index (χ3v) is 6.18. The Labute approximate surface area is 191 Å². The van der Waals surface area contributed by atoms with Crippen LogP contribution in [0, 0.1) is 17.6 Å². The largest absolute Gasteiger partial charge is 0.367 e.